The van der Waals surface area contributed by atoms with Crippen molar-refractivity contribution in [1.82, 2.24) is 0 Å². The van der Waals surface area contributed by atoms with Crippen molar-refractivity contribution in [3.8, 4) is 0 Å². The third kappa shape index (κ3) is 2.55. The van der Waals surface area contributed by atoms with Gasteiger partial charge < -0.3 is 14.6 Å². The number of allylic oxidation sites excluding steroid dienone is 1. The monoisotopic (exact) mass is 416 g/mol. The van der Waals surface area contributed by atoms with Crippen molar-refractivity contribution in [2.75, 3.05) is 13.2 Å². The first kappa shape index (κ1) is 22.0. The lowest BCUT2D eigenvalue weighted by molar-refractivity contribution is -0.186. The van der Waals surface area contributed by atoms with Crippen molar-refractivity contribution < 1.29 is 19.4 Å². The third-order valence-electron chi connectivity index (χ3n) is 9.62. The zero-order valence-electron chi connectivity index (χ0n) is 19.3. The number of carboxylic acids is 1. The van der Waals surface area contributed by atoms with Gasteiger partial charge in [0.05, 0.1) is 12.0 Å². The van der Waals surface area contributed by atoms with Crippen LogP contribution in [0.5, 0.6) is 0 Å². The largest absolute Gasteiger partial charge is 0.481 e. The minimum Gasteiger partial charge on any atom is -0.481 e. The average Bonchev–Trinajstić information content (AvgIpc) is 3.27. The van der Waals surface area contributed by atoms with Crippen LogP contribution in [0.2, 0.25) is 0 Å². The Labute approximate surface area is 181 Å². The second kappa shape index (κ2) is 7.76. The van der Waals surface area contributed by atoms with Gasteiger partial charge in [0.1, 0.15) is 11.7 Å². The molecule has 0 aromatic heterocycles. The van der Waals surface area contributed by atoms with E-state index in [2.05, 4.69) is 33.8 Å². The Morgan fingerprint density at radius 3 is 2.67 bits per heavy atom. The Morgan fingerprint density at radius 1 is 1.27 bits per heavy atom. The standard InChI is InChI=1S/C26H40O4/c1-5-6-7-8-11-30-16-25-14-20-18(4)9-10-21(20)24(15-27)13-19(25)12-22(17(2)3)26(24,25)23(28)29/h12,15,17-21H,5-11,13-14,16H2,1-4H3,(H,28,29)/t18?,19?,20?,21?,24-,25+,26?/m0/s1. The fourth-order valence-corrected chi connectivity index (χ4v) is 8.52. The van der Waals surface area contributed by atoms with E-state index in [1.54, 1.807) is 0 Å². The quantitative estimate of drug-likeness (QED) is 0.290. The normalized spacial score (nSPS) is 43.7. The van der Waals surface area contributed by atoms with Crippen LogP contribution >= 0.6 is 0 Å². The fourth-order valence-electron chi connectivity index (χ4n) is 8.52. The molecule has 0 heterocycles. The third-order valence-corrected chi connectivity index (χ3v) is 9.62. The highest BCUT2D eigenvalue weighted by Crippen LogP contribution is 2.82. The number of fused-ring (bicyclic) bond motifs is 2. The molecule has 0 radical (unpaired) electrons. The Bertz CT molecular complexity index is 727. The molecule has 4 nitrogen and oxygen atoms in total. The van der Waals surface area contributed by atoms with Gasteiger partial charge in [-0.15, -0.1) is 0 Å². The molecule has 30 heavy (non-hydrogen) atoms. The minimum atomic E-state index is -1.09. The number of unbranched alkanes of at least 4 members (excludes halogenated alkanes) is 3. The zero-order chi connectivity index (χ0) is 21.7. The second-order valence-corrected chi connectivity index (χ2v) is 11.1. The smallest absolute Gasteiger partial charge is 0.315 e. The molecular weight excluding hydrogens is 376 g/mol. The van der Waals surface area contributed by atoms with E-state index in [0.717, 1.165) is 44.0 Å². The second-order valence-electron chi connectivity index (χ2n) is 11.1. The number of hydrogen-bond acceptors (Lipinski definition) is 3. The van der Waals surface area contributed by atoms with Crippen LogP contribution in [-0.2, 0) is 14.3 Å². The van der Waals surface area contributed by atoms with Gasteiger partial charge in [0.15, 0.2) is 0 Å². The van der Waals surface area contributed by atoms with Crippen molar-refractivity contribution >= 4 is 12.3 Å². The number of carbonyl (C=O) groups is 2. The lowest BCUT2D eigenvalue weighted by Crippen LogP contribution is -2.63. The summed E-state index contributed by atoms with van der Waals surface area (Å²) in [6.45, 7) is 9.87. The number of carbonyl (C=O) groups excluding carboxylic acids is 1. The summed E-state index contributed by atoms with van der Waals surface area (Å²) in [5.41, 5.74) is -1.32. The number of aliphatic carboxylic acids is 1. The molecule has 3 saturated carbocycles. The van der Waals surface area contributed by atoms with Crippen LogP contribution in [0.15, 0.2) is 11.6 Å². The molecule has 0 aromatic carbocycles. The fraction of sp³-hybridized carbons (Fsp3) is 0.846. The van der Waals surface area contributed by atoms with Crippen LogP contribution in [0, 0.1) is 45.8 Å². The molecule has 0 spiro atoms. The van der Waals surface area contributed by atoms with Crippen LogP contribution in [0.25, 0.3) is 0 Å². The lowest BCUT2D eigenvalue weighted by atomic mass is 9.43. The van der Waals surface area contributed by atoms with E-state index in [1.165, 1.54) is 12.8 Å². The molecule has 4 aliphatic carbocycles. The Kier molecular flexibility index (Phi) is 5.70. The first-order chi connectivity index (χ1) is 14.3. The van der Waals surface area contributed by atoms with Gasteiger partial charge in [0.2, 0.25) is 0 Å². The van der Waals surface area contributed by atoms with Crippen LogP contribution in [0.1, 0.15) is 79.1 Å². The molecule has 3 fully saturated rings. The molecule has 5 unspecified atom stereocenters. The van der Waals surface area contributed by atoms with Crippen LogP contribution in [-0.4, -0.2) is 30.6 Å². The minimum absolute atomic E-state index is 0.130. The summed E-state index contributed by atoms with van der Waals surface area (Å²) >= 11 is 0. The molecule has 4 bridgehead atoms. The summed E-state index contributed by atoms with van der Waals surface area (Å²) in [5.74, 6) is 0.698. The van der Waals surface area contributed by atoms with Crippen LogP contribution < -0.4 is 0 Å². The highest BCUT2D eigenvalue weighted by atomic mass is 16.5. The number of ether oxygens (including phenoxy) is 1. The SMILES string of the molecule is CCCCCCOC[C@]12CC3C(C)CCC3[C@@]3(C=O)CC1C=C(C(C)C)C23C(=O)O. The molecule has 168 valence electrons. The van der Waals surface area contributed by atoms with Gasteiger partial charge >= 0.3 is 5.97 Å². The summed E-state index contributed by atoms with van der Waals surface area (Å²) in [5, 5.41) is 10.9. The highest BCUT2D eigenvalue weighted by Gasteiger charge is 2.84. The first-order valence-corrected chi connectivity index (χ1v) is 12.3. The Morgan fingerprint density at radius 2 is 2.03 bits per heavy atom. The zero-order valence-corrected chi connectivity index (χ0v) is 19.3. The molecule has 0 aliphatic heterocycles. The van der Waals surface area contributed by atoms with E-state index in [9.17, 15) is 14.7 Å². The molecule has 1 N–H and O–H groups in total. The van der Waals surface area contributed by atoms with Crippen molar-refractivity contribution in [1.29, 1.82) is 0 Å². The van der Waals surface area contributed by atoms with Gasteiger partial charge in [0, 0.05) is 12.0 Å². The molecule has 4 rings (SSSR count). The van der Waals surface area contributed by atoms with Gasteiger partial charge in [-0.25, -0.2) is 0 Å². The molecular formula is C26H40O4. The summed E-state index contributed by atoms with van der Waals surface area (Å²) < 4.78 is 6.29. The van der Waals surface area contributed by atoms with Gasteiger partial charge in [0.25, 0.3) is 0 Å². The molecule has 4 aliphatic rings. The van der Waals surface area contributed by atoms with E-state index >= 15 is 0 Å². The van der Waals surface area contributed by atoms with Gasteiger partial charge in [-0.05, 0) is 55.3 Å². The van der Waals surface area contributed by atoms with Gasteiger partial charge in [-0.3, -0.25) is 4.79 Å². The summed E-state index contributed by atoms with van der Waals surface area (Å²) in [6, 6.07) is 0. The number of hydrogen-bond donors (Lipinski definition) is 1. The molecule has 0 amide bonds. The van der Waals surface area contributed by atoms with Crippen molar-refractivity contribution in [2.45, 2.75) is 79.1 Å². The molecule has 4 heteroatoms. The molecule has 0 saturated heterocycles. The van der Waals surface area contributed by atoms with Crippen molar-refractivity contribution in [3.05, 3.63) is 11.6 Å². The topological polar surface area (TPSA) is 63.6 Å². The summed E-state index contributed by atoms with van der Waals surface area (Å²) in [7, 11) is 0. The maximum Gasteiger partial charge on any atom is 0.315 e. The van der Waals surface area contributed by atoms with Crippen LogP contribution in [0.4, 0.5) is 0 Å². The maximum absolute atomic E-state index is 13.3. The lowest BCUT2D eigenvalue weighted by Gasteiger charge is -2.58. The molecule has 7 atom stereocenters. The summed E-state index contributed by atoms with van der Waals surface area (Å²) in [4.78, 5) is 26.2. The Hall–Kier alpha value is -1.16. The predicted molar refractivity (Wildman–Crippen MR) is 117 cm³/mol. The Balaban J connectivity index is 1.75. The van der Waals surface area contributed by atoms with E-state index in [1.807, 2.05) is 0 Å². The van der Waals surface area contributed by atoms with E-state index < -0.39 is 22.2 Å². The van der Waals surface area contributed by atoms with E-state index in [-0.39, 0.29) is 17.8 Å². The van der Waals surface area contributed by atoms with E-state index in [4.69, 9.17) is 4.74 Å². The number of aldehydes is 1. The van der Waals surface area contributed by atoms with E-state index in [0.29, 0.717) is 31.5 Å². The van der Waals surface area contributed by atoms with Gasteiger partial charge in [-0.1, -0.05) is 65.0 Å². The average molecular weight is 417 g/mol. The molecule has 0 aromatic rings. The highest BCUT2D eigenvalue weighted by molar-refractivity contribution is 5.90. The number of rotatable bonds is 10. The van der Waals surface area contributed by atoms with Gasteiger partial charge in [-0.2, -0.15) is 0 Å². The van der Waals surface area contributed by atoms with Crippen molar-refractivity contribution in [2.24, 2.45) is 45.8 Å². The first-order valence-electron chi connectivity index (χ1n) is 12.3. The predicted octanol–water partition coefficient (Wildman–Crippen LogP) is 5.51. The maximum atomic E-state index is 13.3. The summed E-state index contributed by atoms with van der Waals surface area (Å²) in [6.07, 6.45) is 11.6. The van der Waals surface area contributed by atoms with Crippen molar-refractivity contribution in [3.63, 3.8) is 0 Å². The van der Waals surface area contributed by atoms with Crippen LogP contribution in [0.3, 0.4) is 0 Å². The number of carboxylic acid groups (broad SMARTS) is 1.